The van der Waals surface area contributed by atoms with Gasteiger partial charge in [0.25, 0.3) is 0 Å². The number of likely N-dealkylation sites (N-methyl/N-ethyl adjacent to an activating group) is 2. The number of hydrogen-bond donors (Lipinski definition) is 0. The summed E-state index contributed by atoms with van der Waals surface area (Å²) in [5.41, 5.74) is 9.45. The van der Waals surface area contributed by atoms with E-state index in [9.17, 15) is 0 Å². The fourth-order valence-electron chi connectivity index (χ4n) is 4.03. The molecule has 0 N–H and O–H groups in total. The molecule has 5 heteroatoms. The van der Waals surface area contributed by atoms with Gasteiger partial charge in [0, 0.05) is 43.7 Å². The molecule has 2 aromatic rings. The van der Waals surface area contributed by atoms with Crippen LogP contribution in [0.15, 0.2) is 34.3 Å². The van der Waals surface area contributed by atoms with E-state index in [1.54, 1.807) is 0 Å². The summed E-state index contributed by atoms with van der Waals surface area (Å²) in [5.74, 6) is 1.87. The van der Waals surface area contributed by atoms with Crippen LogP contribution >= 0.6 is 0 Å². The molecule has 1 saturated heterocycles. The number of hydrogen-bond acceptors (Lipinski definition) is 2. The van der Waals surface area contributed by atoms with Gasteiger partial charge in [-0.3, -0.25) is 0 Å². The molecule has 0 bridgehead atoms. The minimum atomic E-state index is 0. The molecule has 4 nitrogen and oxygen atoms in total. The van der Waals surface area contributed by atoms with Crippen LogP contribution < -0.4 is 0 Å². The summed E-state index contributed by atoms with van der Waals surface area (Å²) in [7, 11) is 4.21. The standard InChI is InChI=1S/C24H32N4.CH3.Ni/c1-15-11-17(3)21(18(4)12-15)25-23-24(28(8)10-9-27(23)7)26-22-19(5)13-16(2)14-20(22)6;;/h11-14H,9-10H2,1-8H3;1H3;/q;-1;. The van der Waals surface area contributed by atoms with E-state index in [1.165, 1.54) is 33.4 Å². The van der Waals surface area contributed by atoms with Crippen molar-refractivity contribution in [3.8, 4) is 0 Å². The molecule has 0 aromatic heterocycles. The van der Waals surface area contributed by atoms with Gasteiger partial charge in [0.05, 0.1) is 11.4 Å². The maximum Gasteiger partial charge on any atom is 0.172 e. The largest absolute Gasteiger partial charge is 0.358 e. The maximum atomic E-state index is 5.11. The molecule has 30 heavy (non-hydrogen) atoms. The molecule has 2 aromatic carbocycles. The Labute approximate surface area is 193 Å². The van der Waals surface area contributed by atoms with Gasteiger partial charge in [0.15, 0.2) is 11.7 Å². The molecule has 1 aliphatic rings. The molecule has 3 rings (SSSR count). The second-order valence-corrected chi connectivity index (χ2v) is 8.21. The number of rotatable bonds is 2. The topological polar surface area (TPSA) is 31.2 Å². The quantitative estimate of drug-likeness (QED) is 0.439. The summed E-state index contributed by atoms with van der Waals surface area (Å²) < 4.78 is 0. The molecule has 1 heterocycles. The predicted octanol–water partition coefficient (Wildman–Crippen LogP) is 5.62. The van der Waals surface area contributed by atoms with Crippen LogP contribution in [0.5, 0.6) is 0 Å². The van der Waals surface area contributed by atoms with Gasteiger partial charge in [-0.1, -0.05) is 35.4 Å². The maximum absolute atomic E-state index is 5.11. The van der Waals surface area contributed by atoms with Crippen LogP contribution in [0.25, 0.3) is 0 Å². The van der Waals surface area contributed by atoms with Crippen molar-refractivity contribution in [3.05, 3.63) is 65.1 Å². The van der Waals surface area contributed by atoms with E-state index in [2.05, 4.69) is 89.7 Å². The Morgan fingerprint density at radius 1 is 0.600 bits per heavy atom. The molecule has 0 unspecified atom stereocenters. The van der Waals surface area contributed by atoms with Crippen molar-refractivity contribution in [1.82, 2.24) is 9.80 Å². The molecule has 166 valence electrons. The van der Waals surface area contributed by atoms with E-state index in [-0.39, 0.29) is 23.9 Å². The van der Waals surface area contributed by atoms with Crippen LogP contribution in [-0.2, 0) is 16.5 Å². The van der Waals surface area contributed by atoms with Gasteiger partial charge in [-0.2, -0.15) is 0 Å². The summed E-state index contributed by atoms with van der Waals surface area (Å²) in [4.78, 5) is 14.7. The van der Waals surface area contributed by atoms with Crippen molar-refractivity contribution in [2.75, 3.05) is 27.2 Å². The SMILES string of the molecule is Cc1cc(C)c(N=C2C(=Nc3c(C)cc(C)cc3C)N(C)CCN2C)c(C)c1.[CH3-].[Ni]. The Balaban J connectivity index is 0.00000225. The van der Waals surface area contributed by atoms with Crippen molar-refractivity contribution in [3.63, 3.8) is 0 Å². The number of piperazine rings is 1. The van der Waals surface area contributed by atoms with Gasteiger partial charge >= 0.3 is 0 Å². The van der Waals surface area contributed by atoms with Crippen LogP contribution in [-0.4, -0.2) is 48.7 Å². The third-order valence-electron chi connectivity index (χ3n) is 5.40. The van der Waals surface area contributed by atoms with Gasteiger partial charge < -0.3 is 17.2 Å². The van der Waals surface area contributed by atoms with Crippen LogP contribution in [0.4, 0.5) is 11.4 Å². The number of benzene rings is 2. The first-order valence-corrected chi connectivity index (χ1v) is 9.93. The van der Waals surface area contributed by atoms with Crippen LogP contribution in [0.3, 0.4) is 0 Å². The average molecular weight is 450 g/mol. The molecule has 0 atom stereocenters. The fourth-order valence-corrected chi connectivity index (χ4v) is 4.03. The second-order valence-electron chi connectivity index (χ2n) is 8.21. The molecule has 0 amide bonds. The zero-order valence-electron chi connectivity index (χ0n) is 19.8. The smallest absolute Gasteiger partial charge is 0.172 e. The Hall–Kier alpha value is -2.13. The van der Waals surface area contributed by atoms with E-state index in [4.69, 9.17) is 9.98 Å². The van der Waals surface area contributed by atoms with E-state index in [1.807, 2.05) is 0 Å². The van der Waals surface area contributed by atoms with Gasteiger partial charge in [-0.25, -0.2) is 9.98 Å². The molecule has 0 aliphatic carbocycles. The van der Waals surface area contributed by atoms with E-state index >= 15 is 0 Å². The Morgan fingerprint density at radius 3 is 1.13 bits per heavy atom. The van der Waals surface area contributed by atoms with Crippen molar-refractivity contribution in [2.24, 2.45) is 9.98 Å². The first-order chi connectivity index (χ1) is 13.2. The monoisotopic (exact) mass is 449 g/mol. The normalized spacial score (nSPS) is 16.5. The van der Waals surface area contributed by atoms with Crippen molar-refractivity contribution in [2.45, 2.75) is 41.5 Å². The number of amidine groups is 2. The van der Waals surface area contributed by atoms with Gasteiger partial charge in [-0.15, -0.1) is 0 Å². The predicted molar refractivity (Wildman–Crippen MR) is 127 cm³/mol. The molecule has 0 spiro atoms. The van der Waals surface area contributed by atoms with Gasteiger partial charge in [0.2, 0.25) is 0 Å². The van der Waals surface area contributed by atoms with Crippen LogP contribution in [0, 0.1) is 49.0 Å². The summed E-state index contributed by atoms with van der Waals surface area (Å²) >= 11 is 0. The zero-order chi connectivity index (χ0) is 20.6. The van der Waals surface area contributed by atoms with Crippen molar-refractivity contribution < 1.29 is 16.5 Å². The summed E-state index contributed by atoms with van der Waals surface area (Å²) in [6.07, 6.45) is 0. The third-order valence-corrected chi connectivity index (χ3v) is 5.40. The van der Waals surface area contributed by atoms with E-state index in [0.717, 1.165) is 36.1 Å². The average Bonchev–Trinajstić information content (AvgIpc) is 2.58. The molecular formula is C25H35N4Ni-. The molecule has 0 radical (unpaired) electrons. The number of aryl methyl sites for hydroxylation is 6. The Morgan fingerprint density at radius 2 is 0.867 bits per heavy atom. The summed E-state index contributed by atoms with van der Waals surface area (Å²) in [6.45, 7) is 14.7. The van der Waals surface area contributed by atoms with Crippen LogP contribution in [0.1, 0.15) is 33.4 Å². The Bertz CT molecular complexity index is 850. The number of nitrogens with zero attached hydrogens (tertiary/aromatic N) is 4. The molecule has 0 saturated carbocycles. The van der Waals surface area contributed by atoms with E-state index in [0.29, 0.717) is 0 Å². The second kappa shape index (κ2) is 10.3. The third kappa shape index (κ3) is 5.32. The molecule has 1 aliphatic heterocycles. The van der Waals surface area contributed by atoms with E-state index < -0.39 is 0 Å². The zero-order valence-corrected chi connectivity index (χ0v) is 20.8. The van der Waals surface area contributed by atoms with Gasteiger partial charge in [0.1, 0.15) is 0 Å². The van der Waals surface area contributed by atoms with Crippen molar-refractivity contribution in [1.29, 1.82) is 0 Å². The number of aliphatic imine (C=N–C) groups is 2. The van der Waals surface area contributed by atoms with Gasteiger partial charge in [-0.05, 0) is 63.8 Å². The molecule has 1 fully saturated rings. The fraction of sp³-hybridized carbons (Fsp3) is 0.400. The van der Waals surface area contributed by atoms with Crippen molar-refractivity contribution >= 4 is 23.0 Å². The summed E-state index contributed by atoms with van der Waals surface area (Å²) in [5, 5.41) is 0. The Kier molecular flexibility index (Phi) is 8.86. The van der Waals surface area contributed by atoms with Crippen LogP contribution in [0.2, 0.25) is 0 Å². The minimum Gasteiger partial charge on any atom is -0.358 e. The first-order valence-electron chi connectivity index (χ1n) is 9.93. The summed E-state index contributed by atoms with van der Waals surface area (Å²) in [6, 6.07) is 8.79. The molecular weight excluding hydrogens is 415 g/mol. The minimum absolute atomic E-state index is 0. The first kappa shape index (κ1) is 25.9.